The minimum Gasteiger partial charge on any atom is -0.385 e. The Morgan fingerprint density at radius 2 is 1.85 bits per heavy atom. The molecule has 1 saturated carbocycles. The van der Waals surface area contributed by atoms with Gasteiger partial charge < -0.3 is 14.2 Å². The molecule has 2 aliphatic rings. The highest BCUT2D eigenvalue weighted by molar-refractivity contribution is 7.89. The predicted molar refractivity (Wildman–Crippen MR) is 74.9 cm³/mol. The number of rotatable bonds is 6. The molecule has 7 heteroatoms. The van der Waals surface area contributed by atoms with Gasteiger partial charge in [0.05, 0.1) is 19.0 Å². The molecular formula is C13H25NO5S. The van der Waals surface area contributed by atoms with Crippen molar-refractivity contribution in [3.63, 3.8) is 0 Å². The van der Waals surface area contributed by atoms with E-state index in [-0.39, 0.29) is 11.8 Å². The maximum absolute atomic E-state index is 12.2. The van der Waals surface area contributed by atoms with Gasteiger partial charge in [0.15, 0.2) is 5.79 Å². The van der Waals surface area contributed by atoms with Gasteiger partial charge in [-0.05, 0) is 19.3 Å². The highest BCUT2D eigenvalue weighted by Crippen LogP contribution is 2.37. The van der Waals surface area contributed by atoms with Gasteiger partial charge in [0, 0.05) is 39.6 Å². The molecule has 2 rings (SSSR count). The third kappa shape index (κ3) is 3.71. The van der Waals surface area contributed by atoms with E-state index >= 15 is 0 Å². The predicted octanol–water partition coefficient (Wildman–Crippen LogP) is 0.970. The Bertz CT molecular complexity index is 395. The highest BCUT2D eigenvalue weighted by atomic mass is 32.2. The summed E-state index contributed by atoms with van der Waals surface area (Å²) in [5.41, 5.74) is 0. The molecule has 0 bridgehead atoms. The average Bonchev–Trinajstić information content (AvgIpc) is 2.87. The van der Waals surface area contributed by atoms with Crippen molar-refractivity contribution < 1.29 is 22.6 Å². The first-order valence-electron chi connectivity index (χ1n) is 7.22. The van der Waals surface area contributed by atoms with Crippen LogP contribution in [-0.2, 0) is 24.2 Å². The molecule has 0 amide bonds. The van der Waals surface area contributed by atoms with Crippen molar-refractivity contribution in [1.29, 1.82) is 0 Å². The normalized spacial score (nSPS) is 23.8. The lowest BCUT2D eigenvalue weighted by atomic mass is 9.90. The average molecular weight is 307 g/mol. The molecule has 6 nitrogen and oxygen atoms in total. The Balaban J connectivity index is 1.85. The van der Waals surface area contributed by atoms with Crippen LogP contribution in [0.15, 0.2) is 0 Å². The molecular weight excluding hydrogens is 282 g/mol. The van der Waals surface area contributed by atoms with Crippen LogP contribution in [0.25, 0.3) is 0 Å². The first-order valence-corrected chi connectivity index (χ1v) is 8.83. The summed E-state index contributed by atoms with van der Waals surface area (Å²) in [5, 5.41) is 0. The molecule has 1 heterocycles. The molecule has 1 aliphatic heterocycles. The summed E-state index contributed by atoms with van der Waals surface area (Å²) in [4.78, 5) is 0. The van der Waals surface area contributed by atoms with E-state index in [9.17, 15) is 8.42 Å². The van der Waals surface area contributed by atoms with E-state index < -0.39 is 15.8 Å². The van der Waals surface area contributed by atoms with Crippen LogP contribution in [-0.4, -0.2) is 64.3 Å². The largest absolute Gasteiger partial charge is 0.385 e. The third-order valence-electron chi connectivity index (χ3n) is 4.23. The zero-order chi connectivity index (χ0) is 14.6. The number of methoxy groups -OCH3 is 1. The van der Waals surface area contributed by atoms with E-state index in [1.54, 1.807) is 14.2 Å². The van der Waals surface area contributed by atoms with Gasteiger partial charge in [-0.2, -0.15) is 0 Å². The van der Waals surface area contributed by atoms with E-state index in [1.807, 2.05) is 0 Å². The third-order valence-corrected chi connectivity index (χ3v) is 6.21. The van der Waals surface area contributed by atoms with Crippen LogP contribution in [0, 0.1) is 0 Å². The second-order valence-electron chi connectivity index (χ2n) is 5.52. The molecule has 1 saturated heterocycles. The summed E-state index contributed by atoms with van der Waals surface area (Å²) >= 11 is 0. The monoisotopic (exact) mass is 307 g/mol. The molecule has 0 aromatic carbocycles. The van der Waals surface area contributed by atoms with Gasteiger partial charge in [0.25, 0.3) is 0 Å². The lowest BCUT2D eigenvalue weighted by Gasteiger charge is -2.38. The Hall–Kier alpha value is -0.210. The zero-order valence-corrected chi connectivity index (χ0v) is 13.2. The fourth-order valence-corrected chi connectivity index (χ4v) is 4.38. The van der Waals surface area contributed by atoms with Crippen LogP contribution < -0.4 is 0 Å². The Labute approximate surface area is 121 Å². The van der Waals surface area contributed by atoms with Gasteiger partial charge >= 0.3 is 0 Å². The molecule has 0 unspecified atom stereocenters. The summed E-state index contributed by atoms with van der Waals surface area (Å²) < 4.78 is 42.2. The van der Waals surface area contributed by atoms with Gasteiger partial charge in [0.1, 0.15) is 0 Å². The summed E-state index contributed by atoms with van der Waals surface area (Å²) in [6.07, 6.45) is 3.66. The SMILES string of the molecule is COCCCS(=O)(=O)N(C)C1CCC2(CC1)OCCO2. The lowest BCUT2D eigenvalue weighted by Crippen LogP contribution is -2.45. The Kier molecular flexibility index (Phi) is 5.42. The first kappa shape index (κ1) is 16.2. The van der Waals surface area contributed by atoms with Crippen LogP contribution in [0.2, 0.25) is 0 Å². The van der Waals surface area contributed by atoms with Crippen LogP contribution in [0.3, 0.4) is 0 Å². The van der Waals surface area contributed by atoms with Gasteiger partial charge in [-0.15, -0.1) is 0 Å². The lowest BCUT2D eigenvalue weighted by molar-refractivity contribution is -0.181. The number of sulfonamides is 1. The van der Waals surface area contributed by atoms with Gasteiger partial charge in [-0.3, -0.25) is 0 Å². The molecule has 0 aromatic rings. The molecule has 0 aromatic heterocycles. The van der Waals surface area contributed by atoms with E-state index in [0.29, 0.717) is 26.2 Å². The molecule has 2 fully saturated rings. The molecule has 0 N–H and O–H groups in total. The van der Waals surface area contributed by atoms with Crippen LogP contribution in [0.1, 0.15) is 32.1 Å². The van der Waals surface area contributed by atoms with Crippen LogP contribution >= 0.6 is 0 Å². The van der Waals surface area contributed by atoms with E-state index in [0.717, 1.165) is 25.7 Å². The maximum Gasteiger partial charge on any atom is 0.214 e. The van der Waals surface area contributed by atoms with E-state index in [4.69, 9.17) is 14.2 Å². The van der Waals surface area contributed by atoms with Crippen LogP contribution in [0.5, 0.6) is 0 Å². The molecule has 0 radical (unpaired) electrons. The minimum atomic E-state index is -3.20. The first-order chi connectivity index (χ1) is 9.49. The summed E-state index contributed by atoms with van der Waals surface area (Å²) in [6, 6.07) is 0.0565. The highest BCUT2D eigenvalue weighted by Gasteiger charge is 2.42. The van der Waals surface area contributed by atoms with Gasteiger partial charge in [-0.1, -0.05) is 0 Å². The van der Waals surface area contributed by atoms with Crippen molar-refractivity contribution in [3.05, 3.63) is 0 Å². The van der Waals surface area contributed by atoms with Crippen molar-refractivity contribution in [1.82, 2.24) is 4.31 Å². The number of nitrogens with zero attached hydrogens (tertiary/aromatic N) is 1. The fourth-order valence-electron chi connectivity index (χ4n) is 2.95. The molecule has 118 valence electrons. The van der Waals surface area contributed by atoms with E-state index in [1.165, 1.54) is 4.31 Å². The van der Waals surface area contributed by atoms with Gasteiger partial charge in [-0.25, -0.2) is 12.7 Å². The second-order valence-corrected chi connectivity index (χ2v) is 7.67. The Morgan fingerprint density at radius 1 is 1.25 bits per heavy atom. The molecule has 20 heavy (non-hydrogen) atoms. The minimum absolute atomic E-state index is 0.0565. The van der Waals surface area contributed by atoms with E-state index in [2.05, 4.69) is 0 Å². The smallest absolute Gasteiger partial charge is 0.214 e. The Morgan fingerprint density at radius 3 is 2.40 bits per heavy atom. The summed E-state index contributed by atoms with van der Waals surface area (Å²) in [5.74, 6) is -0.289. The summed E-state index contributed by atoms with van der Waals surface area (Å²) in [6.45, 7) is 1.77. The molecule has 1 spiro atoms. The topological polar surface area (TPSA) is 65.1 Å². The summed E-state index contributed by atoms with van der Waals surface area (Å²) in [7, 11) is 0.0680. The van der Waals surface area contributed by atoms with Crippen LogP contribution in [0.4, 0.5) is 0 Å². The standard InChI is InChI=1S/C13H25NO5S/c1-14(20(15,16)11-3-8-17-2)12-4-6-13(7-5-12)18-9-10-19-13/h12H,3-11H2,1-2H3. The molecule has 1 aliphatic carbocycles. The van der Waals surface area contributed by atoms with Crippen molar-refractivity contribution >= 4 is 10.0 Å². The number of ether oxygens (including phenoxy) is 3. The van der Waals surface area contributed by atoms with Crippen molar-refractivity contribution in [3.8, 4) is 0 Å². The van der Waals surface area contributed by atoms with Crippen molar-refractivity contribution in [2.45, 2.75) is 43.9 Å². The number of hydrogen-bond acceptors (Lipinski definition) is 5. The zero-order valence-electron chi connectivity index (χ0n) is 12.3. The number of hydrogen-bond donors (Lipinski definition) is 0. The second kappa shape index (κ2) is 6.70. The molecule has 0 atom stereocenters. The maximum atomic E-state index is 12.2. The van der Waals surface area contributed by atoms with Gasteiger partial charge in [0.2, 0.25) is 10.0 Å². The quantitative estimate of drug-likeness (QED) is 0.684. The van der Waals surface area contributed by atoms with Crippen molar-refractivity contribution in [2.24, 2.45) is 0 Å². The van der Waals surface area contributed by atoms with Crippen molar-refractivity contribution in [2.75, 3.05) is 39.7 Å². The fraction of sp³-hybridized carbons (Fsp3) is 1.00.